The summed E-state index contributed by atoms with van der Waals surface area (Å²) < 4.78 is 6.88. The number of hydrogen-bond acceptors (Lipinski definition) is 5. The van der Waals surface area contributed by atoms with E-state index in [1.807, 2.05) is 24.3 Å². The van der Waals surface area contributed by atoms with Crippen LogP contribution in [0.1, 0.15) is 10.4 Å². The van der Waals surface area contributed by atoms with Crippen LogP contribution >= 0.6 is 62.7 Å². The summed E-state index contributed by atoms with van der Waals surface area (Å²) in [6.45, 7) is 0. The number of fused-ring (bicyclic) bond motifs is 1. The number of carbonyl (C=O) groups excluding carboxylic acids is 1. The lowest BCUT2D eigenvalue weighted by Gasteiger charge is -2.15. The Balaban J connectivity index is 1.60. The maximum Gasteiger partial charge on any atom is 0.257 e. The van der Waals surface area contributed by atoms with Crippen molar-refractivity contribution in [3.05, 3.63) is 74.7 Å². The average molecular weight is 567 g/mol. The maximum atomic E-state index is 12.6. The van der Waals surface area contributed by atoms with Gasteiger partial charge >= 0.3 is 0 Å². The molecule has 4 aromatic rings. The molecule has 0 saturated heterocycles. The number of hydrogen-bond donors (Lipinski definition) is 2. The van der Waals surface area contributed by atoms with E-state index in [9.17, 15) is 4.79 Å². The fourth-order valence-corrected chi connectivity index (χ4v) is 5.25. The molecule has 32 heavy (non-hydrogen) atoms. The first-order valence-corrected chi connectivity index (χ1v) is 11.9. The van der Waals surface area contributed by atoms with Crippen LogP contribution in [0.25, 0.3) is 20.8 Å². The average Bonchev–Trinajstić information content (AvgIpc) is 3.19. The lowest BCUT2D eigenvalue weighted by molar-refractivity contribution is 0.0977. The lowest BCUT2D eigenvalue weighted by Crippen LogP contribution is -2.34. The summed E-state index contributed by atoms with van der Waals surface area (Å²) in [5.41, 5.74) is 2.48. The molecule has 0 aliphatic rings. The number of amides is 1. The number of methoxy groups -OCH3 is 1. The SMILES string of the molecule is COc1ccc(C(=O)NC(=S)Nc2c(Cl)cc(Cl)cc2-c2nc3ccccc3s2)cc1Br. The number of carbonyl (C=O) groups is 1. The first kappa shape index (κ1) is 22.9. The highest BCUT2D eigenvalue weighted by molar-refractivity contribution is 9.10. The molecule has 0 bridgehead atoms. The van der Waals surface area contributed by atoms with Crippen LogP contribution in [-0.4, -0.2) is 23.1 Å². The molecule has 0 unspecified atom stereocenters. The molecular formula is C22H14BrCl2N3O2S2. The van der Waals surface area contributed by atoms with Crippen molar-refractivity contribution in [3.63, 3.8) is 0 Å². The van der Waals surface area contributed by atoms with Crippen LogP contribution in [0.4, 0.5) is 5.69 Å². The zero-order valence-corrected chi connectivity index (χ0v) is 21.1. The number of halogens is 3. The highest BCUT2D eigenvalue weighted by atomic mass is 79.9. The molecule has 2 N–H and O–H groups in total. The van der Waals surface area contributed by atoms with Gasteiger partial charge in [-0.3, -0.25) is 10.1 Å². The Bertz CT molecular complexity index is 1330. The van der Waals surface area contributed by atoms with Gasteiger partial charge in [0.05, 0.1) is 32.5 Å². The van der Waals surface area contributed by atoms with Crippen molar-refractivity contribution in [2.45, 2.75) is 0 Å². The summed E-state index contributed by atoms with van der Waals surface area (Å²) >= 11 is 23.0. The van der Waals surface area contributed by atoms with E-state index in [0.29, 0.717) is 37.1 Å². The molecular weight excluding hydrogens is 553 g/mol. The van der Waals surface area contributed by atoms with Crippen LogP contribution in [0, 0.1) is 0 Å². The Kier molecular flexibility index (Phi) is 6.97. The van der Waals surface area contributed by atoms with Crippen molar-refractivity contribution in [3.8, 4) is 16.3 Å². The molecule has 0 aliphatic heterocycles. The monoisotopic (exact) mass is 565 g/mol. The largest absolute Gasteiger partial charge is 0.496 e. The van der Waals surface area contributed by atoms with E-state index in [0.717, 1.165) is 15.2 Å². The van der Waals surface area contributed by atoms with Gasteiger partial charge in [-0.1, -0.05) is 35.3 Å². The number of para-hydroxylation sites is 1. The number of thiocarbonyl (C=S) groups is 1. The van der Waals surface area contributed by atoms with Gasteiger partial charge in [0.1, 0.15) is 10.8 Å². The van der Waals surface area contributed by atoms with Crippen molar-refractivity contribution in [1.82, 2.24) is 10.3 Å². The Morgan fingerprint density at radius 2 is 1.94 bits per heavy atom. The van der Waals surface area contributed by atoms with Gasteiger partial charge in [-0.2, -0.15) is 0 Å². The molecule has 0 aliphatic carbocycles. The highest BCUT2D eigenvalue weighted by Gasteiger charge is 2.17. The third-order valence-corrected chi connectivity index (χ3v) is 6.87. The predicted octanol–water partition coefficient (Wildman–Crippen LogP) is 7.17. The topological polar surface area (TPSA) is 63.2 Å². The van der Waals surface area contributed by atoms with Crippen molar-refractivity contribution < 1.29 is 9.53 Å². The number of thiazole rings is 1. The molecule has 0 fully saturated rings. The molecule has 0 spiro atoms. The molecule has 3 aromatic carbocycles. The van der Waals surface area contributed by atoms with Crippen molar-refractivity contribution in [1.29, 1.82) is 0 Å². The van der Waals surface area contributed by atoms with Gasteiger partial charge in [-0.05, 0) is 70.6 Å². The maximum absolute atomic E-state index is 12.6. The lowest BCUT2D eigenvalue weighted by atomic mass is 10.2. The second-order valence-corrected chi connectivity index (χ2v) is 9.69. The smallest absolute Gasteiger partial charge is 0.257 e. The number of ether oxygens (including phenoxy) is 1. The summed E-state index contributed by atoms with van der Waals surface area (Å²) in [7, 11) is 1.55. The number of nitrogens with zero attached hydrogens (tertiary/aromatic N) is 1. The van der Waals surface area contributed by atoms with Gasteiger partial charge in [-0.25, -0.2) is 4.98 Å². The van der Waals surface area contributed by atoms with Crippen molar-refractivity contribution in [2.24, 2.45) is 0 Å². The third-order valence-electron chi connectivity index (χ3n) is 4.46. The third kappa shape index (κ3) is 4.89. The molecule has 0 saturated carbocycles. The first-order chi connectivity index (χ1) is 15.4. The number of nitrogens with one attached hydrogen (secondary N) is 2. The zero-order valence-electron chi connectivity index (χ0n) is 16.4. The van der Waals surface area contributed by atoms with Crippen LogP contribution < -0.4 is 15.4 Å². The van der Waals surface area contributed by atoms with Gasteiger partial charge in [0.15, 0.2) is 5.11 Å². The molecule has 162 valence electrons. The van der Waals surface area contributed by atoms with Crippen LogP contribution in [0.3, 0.4) is 0 Å². The van der Waals surface area contributed by atoms with E-state index in [-0.39, 0.29) is 11.0 Å². The van der Waals surface area contributed by atoms with Crippen LogP contribution in [0.15, 0.2) is 59.1 Å². The van der Waals surface area contributed by atoms with Crippen LogP contribution in [0.5, 0.6) is 5.75 Å². The van der Waals surface area contributed by atoms with E-state index in [2.05, 4.69) is 31.5 Å². The van der Waals surface area contributed by atoms with Gasteiger partial charge in [-0.15, -0.1) is 11.3 Å². The standard InChI is InChI=1S/C22H14BrCl2N3O2S2/c1-30-17-7-6-11(8-14(17)23)20(29)28-22(31)27-19-13(9-12(24)10-15(19)25)21-26-16-4-2-3-5-18(16)32-21/h2-10H,1H3,(H2,27,28,29,31). The molecule has 4 rings (SSSR count). The fourth-order valence-electron chi connectivity index (χ4n) is 2.98. The first-order valence-electron chi connectivity index (χ1n) is 9.16. The predicted molar refractivity (Wildman–Crippen MR) is 139 cm³/mol. The minimum absolute atomic E-state index is 0.0912. The minimum atomic E-state index is -0.377. The molecule has 1 amide bonds. The summed E-state index contributed by atoms with van der Waals surface area (Å²) in [5.74, 6) is 0.244. The van der Waals surface area contributed by atoms with E-state index >= 15 is 0 Å². The summed E-state index contributed by atoms with van der Waals surface area (Å²) in [4.78, 5) is 17.3. The number of benzene rings is 3. The summed E-state index contributed by atoms with van der Waals surface area (Å²) in [6, 6.07) is 16.2. The molecule has 0 radical (unpaired) electrons. The normalized spacial score (nSPS) is 10.8. The molecule has 1 aromatic heterocycles. The summed E-state index contributed by atoms with van der Waals surface area (Å²) in [5, 5.41) is 7.34. The van der Waals surface area contributed by atoms with E-state index in [1.165, 1.54) is 11.3 Å². The van der Waals surface area contributed by atoms with E-state index in [1.54, 1.807) is 37.4 Å². The van der Waals surface area contributed by atoms with Crippen molar-refractivity contribution >= 4 is 89.6 Å². The summed E-state index contributed by atoms with van der Waals surface area (Å²) in [6.07, 6.45) is 0. The second kappa shape index (κ2) is 9.72. The quantitative estimate of drug-likeness (QED) is 0.256. The number of aromatic nitrogens is 1. The molecule has 10 heteroatoms. The molecule has 1 heterocycles. The number of rotatable bonds is 4. The van der Waals surface area contributed by atoms with Gasteiger partial charge in [0.2, 0.25) is 0 Å². The number of anilines is 1. The van der Waals surface area contributed by atoms with Crippen LogP contribution in [0.2, 0.25) is 10.0 Å². The van der Waals surface area contributed by atoms with Gasteiger partial charge in [0.25, 0.3) is 5.91 Å². The van der Waals surface area contributed by atoms with Crippen LogP contribution in [-0.2, 0) is 0 Å². The highest BCUT2D eigenvalue weighted by Crippen LogP contribution is 2.40. The van der Waals surface area contributed by atoms with Gasteiger partial charge < -0.3 is 10.1 Å². The fraction of sp³-hybridized carbons (Fsp3) is 0.0455. The Hall–Kier alpha value is -2.23. The Labute approximate surface area is 211 Å². The van der Waals surface area contributed by atoms with E-state index < -0.39 is 0 Å². The molecule has 0 atom stereocenters. The minimum Gasteiger partial charge on any atom is -0.496 e. The molecule has 5 nitrogen and oxygen atoms in total. The zero-order chi connectivity index (χ0) is 22.8. The Morgan fingerprint density at radius 1 is 1.16 bits per heavy atom. The Morgan fingerprint density at radius 3 is 2.66 bits per heavy atom. The van der Waals surface area contributed by atoms with Crippen molar-refractivity contribution in [2.75, 3.05) is 12.4 Å². The second-order valence-electron chi connectivity index (χ2n) is 6.55. The van der Waals surface area contributed by atoms with E-state index in [4.69, 9.17) is 40.2 Å². The van der Waals surface area contributed by atoms with Gasteiger partial charge in [0, 0.05) is 16.1 Å².